The van der Waals surface area contributed by atoms with Crippen LogP contribution in [0.3, 0.4) is 0 Å². The van der Waals surface area contributed by atoms with E-state index in [0.29, 0.717) is 22.3 Å². The van der Waals surface area contributed by atoms with Crippen molar-refractivity contribution in [2.75, 3.05) is 12.4 Å². The zero-order chi connectivity index (χ0) is 23.4. The van der Waals surface area contributed by atoms with Crippen LogP contribution in [-0.4, -0.2) is 43.5 Å². The first kappa shape index (κ1) is 22.4. The molecule has 0 saturated carbocycles. The molecule has 0 radical (unpaired) electrons. The van der Waals surface area contributed by atoms with E-state index in [1.165, 1.54) is 17.0 Å². The van der Waals surface area contributed by atoms with E-state index in [4.69, 9.17) is 4.74 Å². The summed E-state index contributed by atoms with van der Waals surface area (Å²) in [6.45, 7) is 0.0701. The number of carbonyl (C=O) groups is 3. The molecule has 0 unspecified atom stereocenters. The maximum atomic E-state index is 12.5. The predicted octanol–water partition coefficient (Wildman–Crippen LogP) is 3.50. The molecule has 0 spiro atoms. The number of sulfone groups is 1. The van der Waals surface area contributed by atoms with E-state index in [9.17, 15) is 22.8 Å². The molecule has 0 aromatic heterocycles. The van der Waals surface area contributed by atoms with E-state index in [1.54, 1.807) is 66.7 Å². The van der Waals surface area contributed by atoms with Gasteiger partial charge in [-0.2, -0.15) is 0 Å². The molecule has 1 aliphatic rings. The molecule has 0 atom stereocenters. The lowest BCUT2D eigenvalue weighted by Crippen LogP contribution is -2.29. The number of amides is 2. The van der Waals surface area contributed by atoms with Crippen LogP contribution in [0.4, 0.5) is 0 Å². The Labute approximate surface area is 191 Å². The molecule has 2 amide bonds. The van der Waals surface area contributed by atoms with Crippen molar-refractivity contribution in [2.24, 2.45) is 0 Å². The second-order valence-corrected chi connectivity index (χ2v) is 9.67. The van der Waals surface area contributed by atoms with Crippen LogP contribution in [0, 0.1) is 0 Å². The Morgan fingerprint density at radius 1 is 0.788 bits per heavy atom. The Kier molecular flexibility index (Phi) is 6.37. The highest BCUT2D eigenvalue weighted by Crippen LogP contribution is 2.24. The Bertz CT molecular complexity index is 1270. The third-order valence-corrected chi connectivity index (χ3v) is 7.12. The average Bonchev–Trinajstić information content (AvgIpc) is 3.08. The summed E-state index contributed by atoms with van der Waals surface area (Å²) in [5.41, 5.74) is 1.76. The van der Waals surface area contributed by atoms with Crippen molar-refractivity contribution in [2.45, 2.75) is 17.9 Å². The van der Waals surface area contributed by atoms with Crippen molar-refractivity contribution < 1.29 is 27.5 Å². The van der Waals surface area contributed by atoms with E-state index in [0.717, 1.165) is 0 Å². The molecule has 8 heteroatoms. The molecule has 7 nitrogen and oxygen atoms in total. The molecule has 0 saturated heterocycles. The third kappa shape index (κ3) is 4.85. The summed E-state index contributed by atoms with van der Waals surface area (Å²) >= 11 is 0. The fourth-order valence-electron chi connectivity index (χ4n) is 3.55. The number of imide groups is 1. The summed E-state index contributed by atoms with van der Waals surface area (Å²) in [6.07, 6.45) is 0.181. The number of rotatable bonds is 8. The monoisotopic (exact) mass is 463 g/mol. The fourth-order valence-corrected chi connectivity index (χ4v) is 4.86. The van der Waals surface area contributed by atoms with Crippen LogP contribution in [0.5, 0.6) is 0 Å². The highest BCUT2D eigenvalue weighted by molar-refractivity contribution is 7.91. The number of ether oxygens (including phenoxy) is 1. The summed E-state index contributed by atoms with van der Waals surface area (Å²) in [6, 6.07) is 21.2. The first-order valence-electron chi connectivity index (χ1n) is 10.4. The standard InChI is InChI=1S/C25H21NO6S/c27-23-21-9-4-5-10-22(21)24(28)26(23)17-18-11-13-19(14-12-18)25(29)32-15-6-16-33(30,31)20-7-2-1-3-8-20/h1-5,7-14H,6,15-17H2. The van der Waals surface area contributed by atoms with Gasteiger partial charge in [0.05, 0.1) is 40.5 Å². The van der Waals surface area contributed by atoms with E-state index < -0.39 is 15.8 Å². The summed E-state index contributed by atoms with van der Waals surface area (Å²) in [7, 11) is -3.42. The van der Waals surface area contributed by atoms with E-state index in [2.05, 4.69) is 0 Å². The Hall–Kier alpha value is -3.78. The zero-order valence-corrected chi connectivity index (χ0v) is 18.5. The number of esters is 1. The first-order valence-corrected chi connectivity index (χ1v) is 12.0. The van der Waals surface area contributed by atoms with Gasteiger partial charge in [-0.05, 0) is 48.4 Å². The molecule has 0 aliphatic carbocycles. The lowest BCUT2D eigenvalue weighted by atomic mass is 10.1. The topological polar surface area (TPSA) is 97.8 Å². The van der Waals surface area contributed by atoms with Gasteiger partial charge >= 0.3 is 5.97 Å². The molecule has 0 N–H and O–H groups in total. The average molecular weight is 464 g/mol. The maximum Gasteiger partial charge on any atom is 0.338 e. The minimum absolute atomic E-state index is 0.0261. The third-order valence-electron chi connectivity index (χ3n) is 5.30. The quantitative estimate of drug-likeness (QED) is 0.288. The van der Waals surface area contributed by atoms with Gasteiger partial charge in [0, 0.05) is 0 Å². The number of hydrogen-bond acceptors (Lipinski definition) is 6. The molecule has 0 bridgehead atoms. The molecule has 33 heavy (non-hydrogen) atoms. The van der Waals surface area contributed by atoms with Gasteiger partial charge in [-0.25, -0.2) is 13.2 Å². The van der Waals surface area contributed by atoms with Crippen molar-refractivity contribution in [3.8, 4) is 0 Å². The normalized spacial score (nSPS) is 13.2. The molecule has 4 rings (SSSR count). The van der Waals surface area contributed by atoms with Gasteiger partial charge in [0.2, 0.25) is 0 Å². The molecule has 168 valence electrons. The number of hydrogen-bond donors (Lipinski definition) is 0. The number of fused-ring (bicyclic) bond motifs is 1. The summed E-state index contributed by atoms with van der Waals surface area (Å²) in [5, 5.41) is 0. The second-order valence-electron chi connectivity index (χ2n) is 7.56. The van der Waals surface area contributed by atoms with Gasteiger partial charge in [0.1, 0.15) is 0 Å². The Morgan fingerprint density at radius 3 is 1.97 bits per heavy atom. The van der Waals surface area contributed by atoms with Crippen LogP contribution < -0.4 is 0 Å². The minimum Gasteiger partial charge on any atom is -0.462 e. The van der Waals surface area contributed by atoms with Gasteiger partial charge in [0.15, 0.2) is 9.84 Å². The zero-order valence-electron chi connectivity index (χ0n) is 17.6. The van der Waals surface area contributed by atoms with Crippen LogP contribution in [-0.2, 0) is 21.1 Å². The highest BCUT2D eigenvalue weighted by Gasteiger charge is 2.34. The van der Waals surface area contributed by atoms with Crippen molar-refractivity contribution in [3.63, 3.8) is 0 Å². The minimum atomic E-state index is -3.42. The molecule has 3 aromatic carbocycles. The Balaban J connectivity index is 1.29. The van der Waals surface area contributed by atoms with E-state index >= 15 is 0 Å². The molecule has 1 heterocycles. The number of benzene rings is 3. The second kappa shape index (κ2) is 9.38. The van der Waals surface area contributed by atoms with Crippen LogP contribution >= 0.6 is 0 Å². The van der Waals surface area contributed by atoms with E-state index in [1.807, 2.05) is 0 Å². The van der Waals surface area contributed by atoms with Gasteiger partial charge < -0.3 is 4.74 Å². The van der Waals surface area contributed by atoms with Crippen molar-refractivity contribution in [1.29, 1.82) is 0 Å². The highest BCUT2D eigenvalue weighted by atomic mass is 32.2. The molecular weight excluding hydrogens is 442 g/mol. The smallest absolute Gasteiger partial charge is 0.338 e. The van der Waals surface area contributed by atoms with Crippen LogP contribution in [0.2, 0.25) is 0 Å². The predicted molar refractivity (Wildman–Crippen MR) is 120 cm³/mol. The van der Waals surface area contributed by atoms with Crippen molar-refractivity contribution in [1.82, 2.24) is 4.90 Å². The van der Waals surface area contributed by atoms with Crippen molar-refractivity contribution in [3.05, 3.63) is 101 Å². The summed E-state index contributed by atoms with van der Waals surface area (Å²) in [4.78, 5) is 38.6. The largest absolute Gasteiger partial charge is 0.462 e. The summed E-state index contributed by atoms with van der Waals surface area (Å²) in [5.74, 6) is -1.38. The summed E-state index contributed by atoms with van der Waals surface area (Å²) < 4.78 is 29.7. The van der Waals surface area contributed by atoms with Gasteiger partial charge in [-0.15, -0.1) is 0 Å². The lowest BCUT2D eigenvalue weighted by molar-refractivity contribution is 0.0504. The number of nitrogens with zero attached hydrogens (tertiary/aromatic N) is 1. The van der Waals surface area contributed by atoms with Crippen LogP contribution in [0.25, 0.3) is 0 Å². The molecule has 0 fully saturated rings. The molecule has 3 aromatic rings. The van der Waals surface area contributed by atoms with Crippen LogP contribution in [0.1, 0.15) is 43.1 Å². The number of carbonyl (C=O) groups excluding carboxylic acids is 3. The van der Waals surface area contributed by atoms with Gasteiger partial charge in [-0.1, -0.05) is 42.5 Å². The molecule has 1 aliphatic heterocycles. The molecular formula is C25H21NO6S. The first-order chi connectivity index (χ1) is 15.9. The fraction of sp³-hybridized carbons (Fsp3) is 0.160. The SMILES string of the molecule is O=C(OCCCS(=O)(=O)c1ccccc1)c1ccc(CN2C(=O)c3ccccc3C2=O)cc1. The lowest BCUT2D eigenvalue weighted by Gasteiger charge is -2.14. The maximum absolute atomic E-state index is 12.5. The van der Waals surface area contributed by atoms with Crippen LogP contribution in [0.15, 0.2) is 83.8 Å². The Morgan fingerprint density at radius 2 is 1.36 bits per heavy atom. The van der Waals surface area contributed by atoms with Gasteiger partial charge in [0.25, 0.3) is 11.8 Å². The van der Waals surface area contributed by atoms with Crippen molar-refractivity contribution >= 4 is 27.6 Å². The van der Waals surface area contributed by atoms with E-state index in [-0.39, 0.29) is 42.0 Å². The van der Waals surface area contributed by atoms with Gasteiger partial charge in [-0.3, -0.25) is 14.5 Å².